The van der Waals surface area contributed by atoms with Crippen LogP contribution in [0.4, 0.5) is 0 Å². The Hall–Kier alpha value is -0.890. The van der Waals surface area contributed by atoms with Gasteiger partial charge in [0.15, 0.2) is 5.75 Å². The fraction of sp³-hybridized carbons (Fsp3) is 0. The molecule has 0 saturated heterocycles. The number of halogens is 3. The van der Waals surface area contributed by atoms with Gasteiger partial charge in [-0.3, -0.25) is 0 Å². The molecule has 0 aliphatic carbocycles. The van der Waals surface area contributed by atoms with Gasteiger partial charge in [0.2, 0.25) is 0 Å². The molecule has 2 aromatic carbocycles. The van der Waals surface area contributed by atoms with Crippen molar-refractivity contribution in [3.05, 3.63) is 57.5 Å². The van der Waals surface area contributed by atoms with Gasteiger partial charge in [0.05, 0.1) is 15.1 Å². The van der Waals surface area contributed by atoms with E-state index in [-0.39, 0.29) is 0 Å². The second-order valence-electron chi connectivity index (χ2n) is 3.08. The molecule has 0 unspecified atom stereocenters. The van der Waals surface area contributed by atoms with E-state index in [9.17, 15) is 0 Å². The molecule has 0 amide bonds. The standard InChI is InChI=1S/C12H7Cl3O/c13-8-4-1-2-7-11(8)16-12-9(14)5-3-6-10(12)15/h1-7H. The number of hydrogen-bond acceptors (Lipinski definition) is 1. The van der Waals surface area contributed by atoms with Crippen LogP contribution >= 0.6 is 34.8 Å². The van der Waals surface area contributed by atoms with E-state index in [2.05, 4.69) is 0 Å². The van der Waals surface area contributed by atoms with Gasteiger partial charge in [0.1, 0.15) is 5.75 Å². The Morgan fingerprint density at radius 1 is 0.688 bits per heavy atom. The van der Waals surface area contributed by atoms with Gasteiger partial charge >= 0.3 is 0 Å². The molecule has 2 aromatic rings. The van der Waals surface area contributed by atoms with E-state index in [1.54, 1.807) is 30.3 Å². The molecule has 0 radical (unpaired) electrons. The van der Waals surface area contributed by atoms with E-state index in [1.165, 1.54) is 0 Å². The average Bonchev–Trinajstić information content (AvgIpc) is 2.26. The molecule has 1 nitrogen and oxygen atoms in total. The molecule has 0 saturated carbocycles. The van der Waals surface area contributed by atoms with Gasteiger partial charge in [0, 0.05) is 0 Å². The van der Waals surface area contributed by atoms with Crippen molar-refractivity contribution in [1.29, 1.82) is 0 Å². The molecule has 0 atom stereocenters. The molecule has 0 fully saturated rings. The van der Waals surface area contributed by atoms with Gasteiger partial charge in [-0.2, -0.15) is 0 Å². The predicted molar refractivity (Wildman–Crippen MR) is 68.0 cm³/mol. The summed E-state index contributed by atoms with van der Waals surface area (Å²) in [4.78, 5) is 0. The molecule has 0 N–H and O–H groups in total. The SMILES string of the molecule is Clc1ccccc1Oc1c(Cl)cccc1Cl. The van der Waals surface area contributed by atoms with Crippen LogP contribution in [-0.2, 0) is 0 Å². The fourth-order valence-corrected chi connectivity index (χ4v) is 1.87. The first kappa shape index (κ1) is 11.6. The summed E-state index contributed by atoms with van der Waals surface area (Å²) in [5.41, 5.74) is 0. The number of para-hydroxylation sites is 2. The molecule has 0 aromatic heterocycles. The third kappa shape index (κ3) is 2.43. The van der Waals surface area contributed by atoms with E-state index >= 15 is 0 Å². The van der Waals surface area contributed by atoms with E-state index in [0.29, 0.717) is 26.6 Å². The Labute approximate surface area is 109 Å². The molecular formula is C12H7Cl3O. The molecular weight excluding hydrogens is 266 g/mol. The normalized spacial score (nSPS) is 10.2. The zero-order valence-corrected chi connectivity index (χ0v) is 10.4. The maximum atomic E-state index is 5.98. The van der Waals surface area contributed by atoms with Gasteiger partial charge in [-0.1, -0.05) is 53.0 Å². The van der Waals surface area contributed by atoms with Crippen LogP contribution in [0.25, 0.3) is 0 Å². The first-order valence-electron chi connectivity index (χ1n) is 4.55. The summed E-state index contributed by atoms with van der Waals surface area (Å²) in [5, 5.41) is 1.42. The van der Waals surface area contributed by atoms with Crippen LogP contribution in [0.3, 0.4) is 0 Å². The van der Waals surface area contributed by atoms with Crippen LogP contribution in [0, 0.1) is 0 Å². The van der Waals surface area contributed by atoms with Crippen LogP contribution < -0.4 is 4.74 Å². The minimum absolute atomic E-state index is 0.416. The largest absolute Gasteiger partial charge is 0.453 e. The lowest BCUT2D eigenvalue weighted by Gasteiger charge is -2.10. The number of rotatable bonds is 2. The van der Waals surface area contributed by atoms with Crippen molar-refractivity contribution in [2.45, 2.75) is 0 Å². The molecule has 0 bridgehead atoms. The molecule has 0 aliphatic heterocycles. The summed E-state index contributed by atoms with van der Waals surface area (Å²) < 4.78 is 5.57. The van der Waals surface area contributed by atoms with Gasteiger partial charge in [-0.05, 0) is 24.3 Å². The van der Waals surface area contributed by atoms with Crippen LogP contribution in [0.5, 0.6) is 11.5 Å². The maximum absolute atomic E-state index is 5.98. The first-order valence-corrected chi connectivity index (χ1v) is 5.68. The van der Waals surface area contributed by atoms with Gasteiger partial charge in [-0.15, -0.1) is 0 Å². The Morgan fingerprint density at radius 2 is 1.25 bits per heavy atom. The highest BCUT2D eigenvalue weighted by molar-refractivity contribution is 6.37. The summed E-state index contributed by atoms with van der Waals surface area (Å²) >= 11 is 17.9. The third-order valence-electron chi connectivity index (χ3n) is 1.97. The zero-order chi connectivity index (χ0) is 11.5. The summed E-state index contributed by atoms with van der Waals surface area (Å²) in [6.07, 6.45) is 0. The molecule has 16 heavy (non-hydrogen) atoms. The van der Waals surface area contributed by atoms with Gasteiger partial charge in [0.25, 0.3) is 0 Å². The monoisotopic (exact) mass is 272 g/mol. The van der Waals surface area contributed by atoms with Crippen LogP contribution in [0.2, 0.25) is 15.1 Å². The lowest BCUT2D eigenvalue weighted by atomic mass is 10.3. The minimum atomic E-state index is 0.416. The van der Waals surface area contributed by atoms with Crippen molar-refractivity contribution in [3.8, 4) is 11.5 Å². The molecule has 82 valence electrons. The fourth-order valence-electron chi connectivity index (χ4n) is 1.22. The second kappa shape index (κ2) is 4.96. The number of hydrogen-bond donors (Lipinski definition) is 0. The molecule has 0 aliphatic rings. The summed E-state index contributed by atoms with van der Waals surface area (Å²) in [6, 6.07) is 12.3. The molecule has 0 spiro atoms. The lowest BCUT2D eigenvalue weighted by Crippen LogP contribution is -1.87. The highest BCUT2D eigenvalue weighted by Gasteiger charge is 2.09. The maximum Gasteiger partial charge on any atom is 0.164 e. The van der Waals surface area contributed by atoms with E-state index < -0.39 is 0 Å². The minimum Gasteiger partial charge on any atom is -0.453 e. The third-order valence-corrected chi connectivity index (χ3v) is 2.88. The Kier molecular flexibility index (Phi) is 3.59. The Balaban J connectivity index is 2.38. The van der Waals surface area contributed by atoms with Gasteiger partial charge in [-0.25, -0.2) is 0 Å². The average molecular weight is 274 g/mol. The lowest BCUT2D eigenvalue weighted by molar-refractivity contribution is 0.483. The van der Waals surface area contributed by atoms with Crippen molar-refractivity contribution < 1.29 is 4.74 Å². The molecule has 2 rings (SSSR count). The predicted octanol–water partition coefficient (Wildman–Crippen LogP) is 5.44. The number of ether oxygens (including phenoxy) is 1. The van der Waals surface area contributed by atoms with Crippen molar-refractivity contribution in [1.82, 2.24) is 0 Å². The highest BCUT2D eigenvalue weighted by atomic mass is 35.5. The van der Waals surface area contributed by atoms with Crippen LogP contribution in [0.15, 0.2) is 42.5 Å². The van der Waals surface area contributed by atoms with Crippen molar-refractivity contribution >= 4 is 34.8 Å². The smallest absolute Gasteiger partial charge is 0.164 e. The molecule has 0 heterocycles. The van der Waals surface area contributed by atoms with E-state index in [4.69, 9.17) is 39.5 Å². The van der Waals surface area contributed by atoms with Crippen LogP contribution in [0.1, 0.15) is 0 Å². The Bertz CT molecular complexity index is 491. The topological polar surface area (TPSA) is 9.23 Å². The van der Waals surface area contributed by atoms with Crippen molar-refractivity contribution in [3.63, 3.8) is 0 Å². The zero-order valence-electron chi connectivity index (χ0n) is 8.08. The quantitative estimate of drug-likeness (QED) is 0.708. The summed E-state index contributed by atoms with van der Waals surface area (Å²) in [6.45, 7) is 0. The summed E-state index contributed by atoms with van der Waals surface area (Å²) in [7, 11) is 0. The van der Waals surface area contributed by atoms with Crippen molar-refractivity contribution in [2.24, 2.45) is 0 Å². The van der Waals surface area contributed by atoms with E-state index in [1.807, 2.05) is 12.1 Å². The number of benzene rings is 2. The molecule has 4 heteroatoms. The van der Waals surface area contributed by atoms with Crippen molar-refractivity contribution in [2.75, 3.05) is 0 Å². The van der Waals surface area contributed by atoms with Crippen LogP contribution in [-0.4, -0.2) is 0 Å². The highest BCUT2D eigenvalue weighted by Crippen LogP contribution is 2.38. The Morgan fingerprint density at radius 3 is 1.88 bits per heavy atom. The first-order chi connectivity index (χ1) is 7.68. The van der Waals surface area contributed by atoms with E-state index in [0.717, 1.165) is 0 Å². The second-order valence-corrected chi connectivity index (χ2v) is 4.30. The summed E-state index contributed by atoms with van der Waals surface area (Å²) in [5.74, 6) is 0.943. The van der Waals surface area contributed by atoms with Gasteiger partial charge < -0.3 is 4.74 Å².